The SMILES string of the molecule is Brc1ccc2cc3ccsc3nc2c1. The lowest BCUT2D eigenvalue weighted by Gasteiger charge is -1.97. The highest BCUT2D eigenvalue weighted by atomic mass is 79.9. The van der Waals surface area contributed by atoms with E-state index in [4.69, 9.17) is 0 Å². The molecule has 2 aromatic heterocycles. The molecule has 14 heavy (non-hydrogen) atoms. The van der Waals surface area contributed by atoms with Gasteiger partial charge in [0.05, 0.1) is 5.52 Å². The van der Waals surface area contributed by atoms with Gasteiger partial charge in [0.2, 0.25) is 0 Å². The maximum absolute atomic E-state index is 4.59. The molecule has 2 heterocycles. The third-order valence-electron chi connectivity index (χ3n) is 2.20. The van der Waals surface area contributed by atoms with Gasteiger partial charge in [-0.2, -0.15) is 0 Å². The quantitative estimate of drug-likeness (QED) is 0.592. The monoisotopic (exact) mass is 263 g/mol. The van der Waals surface area contributed by atoms with E-state index in [0.29, 0.717) is 0 Å². The average Bonchev–Trinajstić information content (AvgIpc) is 2.61. The Kier molecular flexibility index (Phi) is 1.82. The predicted molar refractivity (Wildman–Crippen MR) is 64.8 cm³/mol. The van der Waals surface area contributed by atoms with Gasteiger partial charge in [-0.15, -0.1) is 11.3 Å². The van der Waals surface area contributed by atoms with Crippen molar-refractivity contribution in [2.45, 2.75) is 0 Å². The molecule has 1 aromatic carbocycles. The fraction of sp³-hybridized carbons (Fsp3) is 0. The zero-order valence-corrected chi connectivity index (χ0v) is 9.60. The number of thiophene rings is 1. The molecule has 0 saturated carbocycles. The number of hydrogen-bond donors (Lipinski definition) is 0. The summed E-state index contributed by atoms with van der Waals surface area (Å²) in [4.78, 5) is 5.69. The van der Waals surface area contributed by atoms with Crippen LogP contribution in [0.1, 0.15) is 0 Å². The van der Waals surface area contributed by atoms with Crippen LogP contribution in [0, 0.1) is 0 Å². The molecule has 3 heteroatoms. The van der Waals surface area contributed by atoms with E-state index in [1.807, 2.05) is 6.07 Å². The first-order valence-corrected chi connectivity index (χ1v) is 5.94. The van der Waals surface area contributed by atoms with E-state index in [9.17, 15) is 0 Å². The summed E-state index contributed by atoms with van der Waals surface area (Å²) in [7, 11) is 0. The first kappa shape index (κ1) is 8.38. The first-order chi connectivity index (χ1) is 6.83. The van der Waals surface area contributed by atoms with Crippen LogP contribution in [0.2, 0.25) is 0 Å². The van der Waals surface area contributed by atoms with Gasteiger partial charge in [0.1, 0.15) is 4.83 Å². The van der Waals surface area contributed by atoms with Crippen molar-refractivity contribution in [3.63, 3.8) is 0 Å². The Balaban J connectivity index is 2.50. The van der Waals surface area contributed by atoms with Crippen molar-refractivity contribution >= 4 is 48.4 Å². The molecular formula is C11H6BrNS. The normalized spacial score (nSPS) is 11.2. The van der Waals surface area contributed by atoms with Gasteiger partial charge in [0.25, 0.3) is 0 Å². The summed E-state index contributed by atoms with van der Waals surface area (Å²) in [5.41, 5.74) is 1.05. The van der Waals surface area contributed by atoms with Crippen LogP contribution in [-0.4, -0.2) is 4.98 Å². The summed E-state index contributed by atoms with van der Waals surface area (Å²) >= 11 is 5.13. The number of benzene rings is 1. The molecule has 0 aliphatic carbocycles. The fourth-order valence-electron chi connectivity index (χ4n) is 1.52. The number of fused-ring (bicyclic) bond motifs is 2. The largest absolute Gasteiger partial charge is 0.237 e. The number of nitrogens with zero attached hydrogens (tertiary/aromatic N) is 1. The van der Waals surface area contributed by atoms with Crippen molar-refractivity contribution in [2.75, 3.05) is 0 Å². The second-order valence-corrected chi connectivity index (χ2v) is 4.95. The molecule has 1 nitrogen and oxygen atoms in total. The Bertz CT molecular complexity index is 615. The van der Waals surface area contributed by atoms with Crippen LogP contribution in [0.25, 0.3) is 21.1 Å². The lowest BCUT2D eigenvalue weighted by Crippen LogP contribution is -1.78. The van der Waals surface area contributed by atoms with Crippen LogP contribution in [0.3, 0.4) is 0 Å². The van der Waals surface area contributed by atoms with Gasteiger partial charge in [-0.1, -0.05) is 22.0 Å². The number of rotatable bonds is 0. The van der Waals surface area contributed by atoms with Crippen LogP contribution >= 0.6 is 27.3 Å². The highest BCUT2D eigenvalue weighted by molar-refractivity contribution is 9.10. The molecule has 0 saturated heterocycles. The summed E-state index contributed by atoms with van der Waals surface area (Å²) in [6, 6.07) is 10.5. The maximum atomic E-state index is 4.59. The van der Waals surface area contributed by atoms with E-state index in [2.05, 4.69) is 50.6 Å². The molecule has 0 N–H and O–H groups in total. The molecule has 68 valence electrons. The minimum absolute atomic E-state index is 1.05. The zero-order chi connectivity index (χ0) is 9.54. The Morgan fingerprint density at radius 1 is 1.07 bits per heavy atom. The summed E-state index contributed by atoms with van der Waals surface area (Å²) in [5, 5.41) is 4.50. The predicted octanol–water partition coefficient (Wildman–Crippen LogP) is 4.21. The topological polar surface area (TPSA) is 12.9 Å². The lowest BCUT2D eigenvalue weighted by atomic mass is 10.2. The van der Waals surface area contributed by atoms with Gasteiger partial charge < -0.3 is 0 Å². The van der Waals surface area contributed by atoms with Crippen LogP contribution in [0.4, 0.5) is 0 Å². The van der Waals surface area contributed by atoms with Crippen molar-refractivity contribution in [3.8, 4) is 0 Å². The first-order valence-electron chi connectivity index (χ1n) is 4.26. The van der Waals surface area contributed by atoms with Crippen LogP contribution in [0.15, 0.2) is 40.2 Å². The van der Waals surface area contributed by atoms with Gasteiger partial charge in [-0.3, -0.25) is 0 Å². The standard InChI is InChI=1S/C11H6BrNS/c12-9-2-1-7-5-8-3-4-14-11(8)13-10(7)6-9/h1-6H. The van der Waals surface area contributed by atoms with E-state index in [1.54, 1.807) is 11.3 Å². The second kappa shape index (κ2) is 3.04. The fourth-order valence-corrected chi connectivity index (χ4v) is 2.63. The van der Waals surface area contributed by atoms with Gasteiger partial charge in [0.15, 0.2) is 0 Å². The van der Waals surface area contributed by atoms with Crippen molar-refractivity contribution in [1.29, 1.82) is 0 Å². The number of aromatic nitrogens is 1. The summed E-state index contributed by atoms with van der Waals surface area (Å²) in [5.74, 6) is 0. The summed E-state index contributed by atoms with van der Waals surface area (Å²) in [6.45, 7) is 0. The van der Waals surface area contributed by atoms with Gasteiger partial charge in [-0.05, 0) is 29.6 Å². The summed E-state index contributed by atoms with van der Waals surface area (Å²) < 4.78 is 1.08. The number of hydrogen-bond acceptors (Lipinski definition) is 2. The molecule has 0 unspecified atom stereocenters. The molecule has 3 rings (SSSR count). The Hall–Kier alpha value is -0.930. The van der Waals surface area contributed by atoms with Gasteiger partial charge >= 0.3 is 0 Å². The zero-order valence-electron chi connectivity index (χ0n) is 7.20. The lowest BCUT2D eigenvalue weighted by molar-refractivity contribution is 1.53. The van der Waals surface area contributed by atoms with Crippen molar-refractivity contribution in [2.24, 2.45) is 0 Å². The molecule has 0 aliphatic heterocycles. The Labute approximate surface area is 93.5 Å². The van der Waals surface area contributed by atoms with E-state index < -0.39 is 0 Å². The van der Waals surface area contributed by atoms with Crippen molar-refractivity contribution < 1.29 is 0 Å². The van der Waals surface area contributed by atoms with E-state index in [-0.39, 0.29) is 0 Å². The smallest absolute Gasteiger partial charge is 0.123 e. The van der Waals surface area contributed by atoms with Crippen LogP contribution < -0.4 is 0 Å². The van der Waals surface area contributed by atoms with Crippen molar-refractivity contribution in [1.82, 2.24) is 4.98 Å². The van der Waals surface area contributed by atoms with Crippen LogP contribution in [-0.2, 0) is 0 Å². The minimum Gasteiger partial charge on any atom is -0.237 e. The molecule has 0 amide bonds. The molecule has 0 fully saturated rings. The molecule has 3 aromatic rings. The molecule has 0 spiro atoms. The Morgan fingerprint density at radius 3 is 2.93 bits per heavy atom. The molecule has 0 radical (unpaired) electrons. The highest BCUT2D eigenvalue weighted by Gasteiger charge is 2.00. The third-order valence-corrected chi connectivity index (χ3v) is 3.52. The second-order valence-electron chi connectivity index (χ2n) is 3.14. The van der Waals surface area contributed by atoms with Gasteiger partial charge in [0, 0.05) is 15.2 Å². The maximum Gasteiger partial charge on any atom is 0.123 e. The number of pyridine rings is 1. The molecule has 0 atom stereocenters. The molecule has 0 aliphatic rings. The van der Waals surface area contributed by atoms with Crippen LogP contribution in [0.5, 0.6) is 0 Å². The van der Waals surface area contributed by atoms with Crippen molar-refractivity contribution in [3.05, 3.63) is 40.2 Å². The Morgan fingerprint density at radius 2 is 2.00 bits per heavy atom. The average molecular weight is 264 g/mol. The van der Waals surface area contributed by atoms with E-state index >= 15 is 0 Å². The summed E-state index contributed by atoms with van der Waals surface area (Å²) in [6.07, 6.45) is 0. The third kappa shape index (κ3) is 1.24. The minimum atomic E-state index is 1.05. The molecule has 0 bridgehead atoms. The highest BCUT2D eigenvalue weighted by Crippen LogP contribution is 2.25. The van der Waals surface area contributed by atoms with E-state index in [0.717, 1.165) is 14.8 Å². The van der Waals surface area contributed by atoms with E-state index in [1.165, 1.54) is 10.8 Å². The molecular weight excluding hydrogens is 258 g/mol. The van der Waals surface area contributed by atoms with Gasteiger partial charge in [-0.25, -0.2) is 4.98 Å². The number of halogens is 1.